The van der Waals surface area contributed by atoms with E-state index in [1.807, 2.05) is 30.8 Å². The number of thioether (sulfide) groups is 1. The number of carbonyl (C=O) groups excluding carboxylic acids is 1. The fourth-order valence-electron chi connectivity index (χ4n) is 1.56. The number of Topliss-reactive ketones (excluding diaryl/α,β-unsaturated/α-hetero) is 1. The molecule has 0 radical (unpaired) electrons. The fraction of sp³-hybridized carbons (Fsp3) is 0.500. The zero-order valence-electron chi connectivity index (χ0n) is 11.2. The topological polar surface area (TPSA) is 52.3 Å². The second kappa shape index (κ2) is 7.44. The van der Waals surface area contributed by atoms with E-state index >= 15 is 0 Å². The molecule has 1 aromatic carbocycles. The first-order chi connectivity index (χ1) is 8.54. The molecule has 0 amide bonds. The monoisotopic (exact) mass is 267 g/mol. The molecule has 0 bridgehead atoms. The average molecular weight is 267 g/mol. The first-order valence-electron chi connectivity index (χ1n) is 6.05. The molecular formula is C14H21NO2S. The molecule has 0 spiro atoms. The van der Waals surface area contributed by atoms with Gasteiger partial charge in [0.2, 0.25) is 0 Å². The Morgan fingerprint density at radius 3 is 2.78 bits per heavy atom. The average Bonchev–Trinajstić information content (AvgIpc) is 2.34. The molecule has 100 valence electrons. The number of ketones is 1. The molecule has 1 unspecified atom stereocenters. The van der Waals surface area contributed by atoms with E-state index in [0.29, 0.717) is 0 Å². The Morgan fingerprint density at radius 1 is 1.50 bits per heavy atom. The third-order valence-corrected chi connectivity index (χ3v) is 3.70. The lowest BCUT2D eigenvalue weighted by molar-refractivity contribution is 0.101. The van der Waals surface area contributed by atoms with Crippen LogP contribution in [0.15, 0.2) is 18.2 Å². The summed E-state index contributed by atoms with van der Waals surface area (Å²) in [5.74, 6) is 2.79. The minimum Gasteiger partial charge on any atom is -0.496 e. The van der Waals surface area contributed by atoms with Crippen LogP contribution >= 0.6 is 11.8 Å². The van der Waals surface area contributed by atoms with Crippen molar-refractivity contribution in [1.29, 1.82) is 0 Å². The highest BCUT2D eigenvalue weighted by molar-refractivity contribution is 7.98. The quantitative estimate of drug-likeness (QED) is 0.609. The number of carbonyl (C=O) groups is 1. The second-order valence-electron chi connectivity index (χ2n) is 4.40. The van der Waals surface area contributed by atoms with Gasteiger partial charge in [-0.2, -0.15) is 11.8 Å². The lowest BCUT2D eigenvalue weighted by Gasteiger charge is -2.10. The Morgan fingerprint density at radius 2 is 2.22 bits per heavy atom. The lowest BCUT2D eigenvalue weighted by atomic mass is 10.1. The van der Waals surface area contributed by atoms with Gasteiger partial charge in [0.25, 0.3) is 0 Å². The van der Waals surface area contributed by atoms with E-state index < -0.39 is 0 Å². The van der Waals surface area contributed by atoms with Crippen LogP contribution in [0.3, 0.4) is 0 Å². The van der Waals surface area contributed by atoms with E-state index in [2.05, 4.69) is 0 Å². The molecule has 0 heterocycles. The fourth-order valence-corrected chi connectivity index (χ4v) is 2.69. The SMILES string of the molecule is COc1ccc(C(C)=O)cc1CSCCC(C)N. The Hall–Kier alpha value is -1.00. The van der Waals surface area contributed by atoms with E-state index in [-0.39, 0.29) is 11.8 Å². The molecule has 1 atom stereocenters. The zero-order chi connectivity index (χ0) is 13.5. The van der Waals surface area contributed by atoms with Crippen LogP contribution in [0, 0.1) is 0 Å². The molecule has 4 heteroatoms. The highest BCUT2D eigenvalue weighted by Crippen LogP contribution is 2.25. The predicted molar refractivity (Wildman–Crippen MR) is 77.4 cm³/mol. The molecule has 1 aromatic rings. The van der Waals surface area contributed by atoms with Gasteiger partial charge in [-0.3, -0.25) is 4.79 Å². The summed E-state index contributed by atoms with van der Waals surface area (Å²) in [6.45, 7) is 3.59. The van der Waals surface area contributed by atoms with Crippen molar-refractivity contribution >= 4 is 17.5 Å². The number of benzene rings is 1. The van der Waals surface area contributed by atoms with Gasteiger partial charge in [-0.15, -0.1) is 0 Å². The van der Waals surface area contributed by atoms with Crippen LogP contribution in [0.2, 0.25) is 0 Å². The van der Waals surface area contributed by atoms with Crippen molar-refractivity contribution < 1.29 is 9.53 Å². The smallest absolute Gasteiger partial charge is 0.159 e. The normalized spacial score (nSPS) is 12.2. The maximum atomic E-state index is 11.4. The van der Waals surface area contributed by atoms with Gasteiger partial charge in [-0.05, 0) is 44.2 Å². The number of rotatable bonds is 7. The van der Waals surface area contributed by atoms with Crippen molar-refractivity contribution in [1.82, 2.24) is 0 Å². The molecule has 1 rings (SSSR count). The van der Waals surface area contributed by atoms with Gasteiger partial charge in [-0.1, -0.05) is 0 Å². The number of ether oxygens (including phenoxy) is 1. The van der Waals surface area contributed by atoms with Crippen molar-refractivity contribution in [2.45, 2.75) is 32.1 Å². The summed E-state index contributed by atoms with van der Waals surface area (Å²) in [7, 11) is 1.65. The van der Waals surface area contributed by atoms with Crippen LogP contribution < -0.4 is 10.5 Å². The van der Waals surface area contributed by atoms with Gasteiger partial charge in [0.15, 0.2) is 5.78 Å². The predicted octanol–water partition coefficient (Wildman–Crippen LogP) is 2.87. The van der Waals surface area contributed by atoms with E-state index in [4.69, 9.17) is 10.5 Å². The standard InChI is InChI=1S/C14H21NO2S/c1-10(15)6-7-18-9-13-8-12(11(2)16)4-5-14(13)17-3/h4-5,8,10H,6-7,9,15H2,1-3H3. The van der Waals surface area contributed by atoms with Gasteiger partial charge in [0.1, 0.15) is 5.75 Å². The zero-order valence-corrected chi connectivity index (χ0v) is 12.0. The van der Waals surface area contributed by atoms with Crippen LogP contribution in [-0.4, -0.2) is 24.7 Å². The first-order valence-corrected chi connectivity index (χ1v) is 7.21. The van der Waals surface area contributed by atoms with E-state index in [0.717, 1.165) is 34.8 Å². The Balaban J connectivity index is 2.66. The van der Waals surface area contributed by atoms with Crippen LogP contribution in [0.5, 0.6) is 5.75 Å². The van der Waals surface area contributed by atoms with Crippen molar-refractivity contribution in [3.8, 4) is 5.75 Å². The molecule has 3 nitrogen and oxygen atoms in total. The van der Waals surface area contributed by atoms with E-state index in [9.17, 15) is 4.79 Å². The minimum absolute atomic E-state index is 0.0829. The van der Waals surface area contributed by atoms with Gasteiger partial charge < -0.3 is 10.5 Å². The van der Waals surface area contributed by atoms with Crippen molar-refractivity contribution in [3.63, 3.8) is 0 Å². The van der Waals surface area contributed by atoms with Gasteiger partial charge in [0, 0.05) is 22.9 Å². The summed E-state index contributed by atoms with van der Waals surface area (Å²) in [6.07, 6.45) is 0.999. The summed E-state index contributed by atoms with van der Waals surface area (Å²) in [6, 6.07) is 5.82. The van der Waals surface area contributed by atoms with Crippen LogP contribution in [0.1, 0.15) is 36.2 Å². The van der Waals surface area contributed by atoms with Gasteiger partial charge >= 0.3 is 0 Å². The largest absolute Gasteiger partial charge is 0.496 e. The molecule has 0 fully saturated rings. The summed E-state index contributed by atoms with van der Waals surface area (Å²) in [5, 5.41) is 0. The van der Waals surface area contributed by atoms with Gasteiger partial charge in [0.05, 0.1) is 7.11 Å². The number of hydrogen-bond acceptors (Lipinski definition) is 4. The molecular weight excluding hydrogens is 246 g/mol. The molecule has 0 saturated carbocycles. The van der Waals surface area contributed by atoms with Crippen molar-refractivity contribution in [3.05, 3.63) is 29.3 Å². The van der Waals surface area contributed by atoms with Crippen LogP contribution in [0.25, 0.3) is 0 Å². The summed E-state index contributed by atoms with van der Waals surface area (Å²) < 4.78 is 5.31. The van der Waals surface area contributed by atoms with Crippen LogP contribution in [0.4, 0.5) is 0 Å². The maximum absolute atomic E-state index is 11.4. The Labute approximate surface area is 113 Å². The summed E-state index contributed by atoms with van der Waals surface area (Å²) in [5.41, 5.74) is 7.51. The maximum Gasteiger partial charge on any atom is 0.159 e. The molecule has 0 aliphatic carbocycles. The lowest BCUT2D eigenvalue weighted by Crippen LogP contribution is -2.15. The highest BCUT2D eigenvalue weighted by atomic mass is 32.2. The first kappa shape index (κ1) is 15.1. The summed E-state index contributed by atoms with van der Waals surface area (Å²) >= 11 is 1.81. The van der Waals surface area contributed by atoms with Gasteiger partial charge in [-0.25, -0.2) is 0 Å². The molecule has 0 saturated heterocycles. The third kappa shape index (κ3) is 4.70. The van der Waals surface area contributed by atoms with Crippen LogP contribution in [-0.2, 0) is 5.75 Å². The molecule has 0 aromatic heterocycles. The second-order valence-corrected chi connectivity index (χ2v) is 5.51. The Kier molecular flexibility index (Phi) is 6.22. The molecule has 0 aliphatic rings. The molecule has 18 heavy (non-hydrogen) atoms. The number of nitrogens with two attached hydrogens (primary N) is 1. The number of hydrogen-bond donors (Lipinski definition) is 1. The minimum atomic E-state index is 0.0829. The van der Waals surface area contributed by atoms with E-state index in [1.165, 1.54) is 0 Å². The molecule has 0 aliphatic heterocycles. The van der Waals surface area contributed by atoms with Crippen molar-refractivity contribution in [2.75, 3.05) is 12.9 Å². The van der Waals surface area contributed by atoms with Crippen molar-refractivity contribution in [2.24, 2.45) is 5.73 Å². The summed E-state index contributed by atoms with van der Waals surface area (Å²) in [4.78, 5) is 11.4. The molecule has 2 N–H and O–H groups in total. The van der Waals surface area contributed by atoms with E-state index in [1.54, 1.807) is 20.1 Å². The Bertz CT molecular complexity index is 405. The highest BCUT2D eigenvalue weighted by Gasteiger charge is 2.07. The number of methoxy groups -OCH3 is 1. The third-order valence-electron chi connectivity index (χ3n) is 2.66.